The average molecular weight is 154 g/mol. The summed E-state index contributed by atoms with van der Waals surface area (Å²) in [6.07, 6.45) is 5.17. The van der Waals surface area contributed by atoms with Crippen molar-refractivity contribution < 1.29 is 4.79 Å². The van der Waals surface area contributed by atoms with Crippen molar-refractivity contribution in [3.63, 3.8) is 0 Å². The maximum absolute atomic E-state index is 10.8. The van der Waals surface area contributed by atoms with Crippen molar-refractivity contribution in [2.75, 3.05) is 6.54 Å². The van der Waals surface area contributed by atoms with Crippen LogP contribution in [0, 0.1) is 18.3 Å². The lowest BCUT2D eigenvalue weighted by Gasteiger charge is -2.15. The van der Waals surface area contributed by atoms with Crippen LogP contribution in [0.25, 0.3) is 0 Å². The number of hydrogen-bond donors (Lipinski definition) is 2. The number of nitrogens with one attached hydrogen (secondary N) is 1. The predicted molar refractivity (Wildman–Crippen MR) is 44.7 cm³/mol. The first-order valence-electron chi connectivity index (χ1n) is 3.57. The molecule has 1 amide bonds. The molecule has 0 aliphatic carbocycles. The van der Waals surface area contributed by atoms with Crippen LogP contribution in [0.2, 0.25) is 0 Å². The van der Waals surface area contributed by atoms with Crippen LogP contribution < -0.4 is 11.1 Å². The van der Waals surface area contributed by atoms with Gasteiger partial charge in [-0.15, -0.1) is 6.42 Å². The number of carbonyl (C=O) groups is 1. The van der Waals surface area contributed by atoms with Crippen LogP contribution in [0.4, 0.5) is 0 Å². The maximum atomic E-state index is 10.8. The van der Waals surface area contributed by atoms with E-state index in [1.165, 1.54) is 0 Å². The molecular formula is C8H14N2O. The summed E-state index contributed by atoms with van der Waals surface area (Å²) >= 11 is 0. The smallest absolute Gasteiger partial charge is 0.234 e. The van der Waals surface area contributed by atoms with Crippen molar-refractivity contribution >= 4 is 5.91 Å². The second kappa shape index (κ2) is 4.75. The molecule has 0 aromatic heterocycles. The van der Waals surface area contributed by atoms with Gasteiger partial charge >= 0.3 is 0 Å². The van der Waals surface area contributed by atoms with Gasteiger partial charge in [-0.2, -0.15) is 0 Å². The number of nitrogens with two attached hydrogens (primary N) is 1. The number of hydrogen-bond acceptors (Lipinski definition) is 2. The summed E-state index contributed by atoms with van der Waals surface area (Å²) in [5.41, 5.74) is 5.09. The van der Waals surface area contributed by atoms with Gasteiger partial charge in [0.2, 0.25) is 5.91 Å². The minimum Gasteiger partial charge on any atom is -0.341 e. The monoisotopic (exact) mass is 154 g/mol. The van der Waals surface area contributed by atoms with E-state index >= 15 is 0 Å². The van der Waals surface area contributed by atoms with E-state index in [1.54, 1.807) is 0 Å². The zero-order valence-electron chi connectivity index (χ0n) is 6.92. The van der Waals surface area contributed by atoms with Crippen molar-refractivity contribution in [3.8, 4) is 12.3 Å². The van der Waals surface area contributed by atoms with Crippen molar-refractivity contribution in [3.05, 3.63) is 0 Å². The summed E-state index contributed by atoms with van der Waals surface area (Å²) in [6.45, 7) is 3.88. The van der Waals surface area contributed by atoms with E-state index in [0.717, 1.165) is 0 Å². The number of terminal acetylenes is 1. The lowest BCUT2D eigenvalue weighted by molar-refractivity contribution is -0.120. The Labute approximate surface area is 67.3 Å². The first-order valence-corrected chi connectivity index (χ1v) is 3.57. The molecule has 1 unspecified atom stereocenters. The Morgan fingerprint density at radius 1 is 1.73 bits per heavy atom. The molecule has 0 heterocycles. The number of carbonyl (C=O) groups excluding carboxylic acids is 1. The van der Waals surface area contributed by atoms with Crippen molar-refractivity contribution in [2.24, 2.45) is 11.7 Å². The van der Waals surface area contributed by atoms with Crippen LogP contribution in [0.5, 0.6) is 0 Å². The number of amides is 1. The molecule has 0 fully saturated rings. The molecule has 3 nitrogen and oxygen atoms in total. The highest BCUT2D eigenvalue weighted by molar-refractivity contribution is 5.78. The fourth-order valence-corrected chi connectivity index (χ4v) is 0.633. The van der Waals surface area contributed by atoms with Gasteiger partial charge in [-0.25, -0.2) is 0 Å². The van der Waals surface area contributed by atoms with Gasteiger partial charge in [-0.1, -0.05) is 19.8 Å². The molecule has 0 aliphatic rings. The fraction of sp³-hybridized carbons (Fsp3) is 0.625. The Morgan fingerprint density at radius 2 is 2.27 bits per heavy atom. The molecule has 0 saturated carbocycles. The van der Waals surface area contributed by atoms with Gasteiger partial charge in [-0.3, -0.25) is 4.79 Å². The Kier molecular flexibility index (Phi) is 4.32. The molecule has 0 rings (SSSR count). The quantitative estimate of drug-likeness (QED) is 0.549. The highest BCUT2D eigenvalue weighted by Crippen LogP contribution is 1.98. The number of rotatable bonds is 3. The molecule has 1 atom stereocenters. The van der Waals surface area contributed by atoms with Crippen molar-refractivity contribution in [2.45, 2.75) is 19.9 Å². The average Bonchev–Trinajstić information content (AvgIpc) is 1.99. The molecule has 0 aromatic rings. The molecule has 0 aliphatic heterocycles. The highest BCUT2D eigenvalue weighted by Gasteiger charge is 2.11. The van der Waals surface area contributed by atoms with Crippen molar-refractivity contribution in [1.29, 1.82) is 0 Å². The summed E-state index contributed by atoms with van der Waals surface area (Å²) < 4.78 is 0. The van der Waals surface area contributed by atoms with Gasteiger partial charge in [0.1, 0.15) is 0 Å². The fourth-order valence-electron chi connectivity index (χ4n) is 0.633. The van der Waals surface area contributed by atoms with Crippen LogP contribution >= 0.6 is 0 Å². The van der Waals surface area contributed by atoms with Crippen LogP contribution in [-0.4, -0.2) is 18.5 Å². The third-order valence-electron chi connectivity index (χ3n) is 1.35. The molecule has 0 spiro atoms. The minimum atomic E-state index is -0.207. The zero-order chi connectivity index (χ0) is 8.85. The van der Waals surface area contributed by atoms with Crippen LogP contribution in [0.3, 0.4) is 0 Å². The minimum absolute atomic E-state index is 0.00903. The molecule has 0 aromatic carbocycles. The normalized spacial score (nSPS) is 12.3. The lowest BCUT2D eigenvalue weighted by Crippen LogP contribution is -2.40. The third kappa shape index (κ3) is 3.64. The van der Waals surface area contributed by atoms with E-state index in [0.29, 0.717) is 0 Å². The van der Waals surface area contributed by atoms with E-state index in [1.807, 2.05) is 13.8 Å². The largest absolute Gasteiger partial charge is 0.341 e. The summed E-state index contributed by atoms with van der Waals surface area (Å²) in [6, 6.07) is -0.203. The Balaban J connectivity index is 3.91. The zero-order valence-corrected chi connectivity index (χ0v) is 6.92. The molecule has 0 radical (unpaired) electrons. The molecule has 62 valence electrons. The SMILES string of the molecule is C#CC(NC(=O)CN)C(C)C. The summed E-state index contributed by atoms with van der Waals surface area (Å²) in [4.78, 5) is 10.8. The first kappa shape index (κ1) is 9.99. The van der Waals surface area contributed by atoms with Gasteiger partial charge in [0.05, 0.1) is 12.6 Å². The van der Waals surface area contributed by atoms with E-state index in [9.17, 15) is 4.79 Å². The van der Waals surface area contributed by atoms with E-state index < -0.39 is 0 Å². The molecule has 0 bridgehead atoms. The Bertz CT molecular complexity index is 169. The Morgan fingerprint density at radius 3 is 2.55 bits per heavy atom. The first-order chi connectivity index (χ1) is 5.11. The maximum Gasteiger partial charge on any atom is 0.234 e. The lowest BCUT2D eigenvalue weighted by atomic mass is 10.1. The second-order valence-electron chi connectivity index (χ2n) is 2.66. The summed E-state index contributed by atoms with van der Waals surface area (Å²) in [5.74, 6) is 2.52. The highest BCUT2D eigenvalue weighted by atomic mass is 16.1. The molecule has 11 heavy (non-hydrogen) atoms. The van der Waals surface area contributed by atoms with Gasteiger partial charge < -0.3 is 11.1 Å². The molecule has 3 heteroatoms. The van der Waals surface area contributed by atoms with Crippen LogP contribution in [-0.2, 0) is 4.79 Å². The molecule has 0 saturated heterocycles. The molecular weight excluding hydrogens is 140 g/mol. The van der Waals surface area contributed by atoms with E-state index in [4.69, 9.17) is 12.2 Å². The van der Waals surface area contributed by atoms with Crippen LogP contribution in [0.1, 0.15) is 13.8 Å². The van der Waals surface area contributed by atoms with E-state index in [-0.39, 0.29) is 24.4 Å². The van der Waals surface area contributed by atoms with E-state index in [2.05, 4.69) is 11.2 Å². The molecule has 3 N–H and O–H groups in total. The van der Waals surface area contributed by atoms with Crippen LogP contribution in [0.15, 0.2) is 0 Å². The van der Waals surface area contributed by atoms with Crippen molar-refractivity contribution in [1.82, 2.24) is 5.32 Å². The predicted octanol–water partition coefficient (Wildman–Crippen LogP) is -0.281. The second-order valence-corrected chi connectivity index (χ2v) is 2.66. The van der Waals surface area contributed by atoms with Gasteiger partial charge in [0.15, 0.2) is 0 Å². The van der Waals surface area contributed by atoms with Gasteiger partial charge in [0.25, 0.3) is 0 Å². The Hall–Kier alpha value is -1.01. The summed E-state index contributed by atoms with van der Waals surface area (Å²) in [5, 5.41) is 2.62. The standard InChI is InChI=1S/C8H14N2O/c1-4-7(6(2)3)10-8(11)5-9/h1,6-7H,5,9H2,2-3H3,(H,10,11). The summed E-state index contributed by atoms with van der Waals surface area (Å²) in [7, 11) is 0. The topological polar surface area (TPSA) is 55.1 Å². The van der Waals surface area contributed by atoms with Gasteiger partial charge in [0, 0.05) is 0 Å². The third-order valence-corrected chi connectivity index (χ3v) is 1.35. The van der Waals surface area contributed by atoms with Gasteiger partial charge in [-0.05, 0) is 5.92 Å².